The third-order valence-electron chi connectivity index (χ3n) is 4.91. The summed E-state index contributed by atoms with van der Waals surface area (Å²) in [6.07, 6.45) is 5.80. The molecule has 0 radical (unpaired) electrons. The van der Waals surface area contributed by atoms with E-state index >= 15 is 0 Å². The molecule has 1 atom stereocenters. The molecule has 154 valence electrons. The quantitative estimate of drug-likeness (QED) is 0.724. The number of rotatable bonds is 7. The standard InChI is InChI=1S/C22H26N2O5/c25-20(24-12-6-1-2-7-13-24)16-29-22(27)18(15-17-9-4-3-5-10-17)23-21(26)19-11-8-14-28-19/h3-5,8-11,14,18H,1-2,6-7,12-13,15-16H2,(H,23,26). The molecule has 3 rings (SSSR count). The van der Waals surface area contributed by atoms with Crippen LogP contribution in [0.25, 0.3) is 0 Å². The maximum Gasteiger partial charge on any atom is 0.329 e. The van der Waals surface area contributed by atoms with Crippen LogP contribution in [-0.4, -0.2) is 48.4 Å². The van der Waals surface area contributed by atoms with Crippen molar-refractivity contribution in [3.63, 3.8) is 0 Å². The first-order valence-corrected chi connectivity index (χ1v) is 9.96. The predicted octanol–water partition coefficient (Wildman–Crippen LogP) is 2.57. The summed E-state index contributed by atoms with van der Waals surface area (Å²) in [5.74, 6) is -1.24. The molecule has 29 heavy (non-hydrogen) atoms. The molecule has 0 bridgehead atoms. The normalized spacial score (nSPS) is 15.2. The first-order valence-electron chi connectivity index (χ1n) is 9.96. The van der Waals surface area contributed by atoms with Gasteiger partial charge in [0.1, 0.15) is 6.04 Å². The van der Waals surface area contributed by atoms with Crippen molar-refractivity contribution in [1.82, 2.24) is 10.2 Å². The number of carbonyl (C=O) groups is 3. The number of furan rings is 1. The lowest BCUT2D eigenvalue weighted by Gasteiger charge is -2.21. The predicted molar refractivity (Wildman–Crippen MR) is 106 cm³/mol. The number of nitrogens with one attached hydrogen (secondary N) is 1. The van der Waals surface area contributed by atoms with E-state index in [0.717, 1.165) is 31.2 Å². The van der Waals surface area contributed by atoms with Crippen LogP contribution in [0.2, 0.25) is 0 Å². The van der Waals surface area contributed by atoms with Gasteiger partial charge >= 0.3 is 5.97 Å². The SMILES string of the molecule is O=C(NC(Cc1ccccc1)C(=O)OCC(=O)N1CCCCCC1)c1ccco1. The van der Waals surface area contributed by atoms with Gasteiger partial charge in [0.15, 0.2) is 12.4 Å². The summed E-state index contributed by atoms with van der Waals surface area (Å²) in [5.41, 5.74) is 0.869. The highest BCUT2D eigenvalue weighted by Crippen LogP contribution is 2.11. The lowest BCUT2D eigenvalue weighted by atomic mass is 10.1. The van der Waals surface area contributed by atoms with Crippen molar-refractivity contribution in [2.45, 2.75) is 38.1 Å². The van der Waals surface area contributed by atoms with Crippen LogP contribution in [0.4, 0.5) is 0 Å². The van der Waals surface area contributed by atoms with Crippen molar-refractivity contribution in [3.05, 3.63) is 60.1 Å². The Balaban J connectivity index is 1.61. The summed E-state index contributed by atoms with van der Waals surface area (Å²) in [4.78, 5) is 39.2. The largest absolute Gasteiger partial charge is 0.459 e. The highest BCUT2D eigenvalue weighted by atomic mass is 16.5. The van der Waals surface area contributed by atoms with E-state index in [1.54, 1.807) is 11.0 Å². The van der Waals surface area contributed by atoms with Crippen molar-refractivity contribution in [2.75, 3.05) is 19.7 Å². The molecular weight excluding hydrogens is 372 g/mol. The first-order chi connectivity index (χ1) is 14.1. The van der Waals surface area contributed by atoms with Crippen LogP contribution in [0.1, 0.15) is 41.8 Å². The van der Waals surface area contributed by atoms with Gasteiger partial charge in [-0.25, -0.2) is 4.79 Å². The van der Waals surface area contributed by atoms with Crippen LogP contribution in [0, 0.1) is 0 Å². The molecule has 2 amide bonds. The monoisotopic (exact) mass is 398 g/mol. The molecule has 0 spiro atoms. The van der Waals surface area contributed by atoms with Crippen LogP contribution in [0.5, 0.6) is 0 Å². The van der Waals surface area contributed by atoms with E-state index in [1.165, 1.54) is 12.3 Å². The van der Waals surface area contributed by atoms with E-state index in [9.17, 15) is 14.4 Å². The zero-order valence-electron chi connectivity index (χ0n) is 16.3. The number of hydrogen-bond acceptors (Lipinski definition) is 5. The summed E-state index contributed by atoms with van der Waals surface area (Å²) < 4.78 is 10.4. The zero-order chi connectivity index (χ0) is 20.5. The molecule has 2 heterocycles. The molecule has 7 nitrogen and oxygen atoms in total. The fourth-order valence-electron chi connectivity index (χ4n) is 3.33. The summed E-state index contributed by atoms with van der Waals surface area (Å²) in [7, 11) is 0. The van der Waals surface area contributed by atoms with Crippen LogP contribution < -0.4 is 5.32 Å². The minimum atomic E-state index is -0.924. The lowest BCUT2D eigenvalue weighted by molar-refractivity contribution is -0.153. The molecule has 1 N–H and O–H groups in total. The summed E-state index contributed by atoms with van der Waals surface area (Å²) in [6, 6.07) is 11.5. The molecule has 1 aromatic heterocycles. The fraction of sp³-hybridized carbons (Fsp3) is 0.409. The van der Waals surface area contributed by atoms with Gasteiger partial charge < -0.3 is 19.4 Å². The van der Waals surface area contributed by atoms with Crippen molar-refractivity contribution < 1.29 is 23.5 Å². The smallest absolute Gasteiger partial charge is 0.329 e. The molecule has 1 unspecified atom stereocenters. The molecule has 2 aromatic rings. The Morgan fingerprint density at radius 1 is 1.00 bits per heavy atom. The number of carbonyl (C=O) groups excluding carboxylic acids is 3. The Morgan fingerprint density at radius 3 is 2.38 bits per heavy atom. The van der Waals surface area contributed by atoms with Gasteiger partial charge in [-0.2, -0.15) is 0 Å². The Labute approximate surface area is 170 Å². The van der Waals surface area contributed by atoms with Crippen LogP contribution in [0.15, 0.2) is 53.1 Å². The van der Waals surface area contributed by atoms with Gasteiger partial charge in [0.2, 0.25) is 0 Å². The highest BCUT2D eigenvalue weighted by Gasteiger charge is 2.26. The topological polar surface area (TPSA) is 88.8 Å². The van der Waals surface area contributed by atoms with Gasteiger partial charge in [-0.3, -0.25) is 9.59 Å². The molecule has 1 fully saturated rings. The summed E-state index contributed by atoms with van der Waals surface area (Å²) in [5, 5.41) is 2.65. The van der Waals surface area contributed by atoms with Gasteiger partial charge in [0, 0.05) is 19.5 Å². The minimum absolute atomic E-state index is 0.108. The second-order valence-electron chi connectivity index (χ2n) is 7.10. The van der Waals surface area contributed by atoms with E-state index in [4.69, 9.17) is 9.15 Å². The lowest BCUT2D eigenvalue weighted by Crippen LogP contribution is -2.44. The van der Waals surface area contributed by atoms with Gasteiger partial charge in [-0.1, -0.05) is 43.2 Å². The van der Waals surface area contributed by atoms with Crippen molar-refractivity contribution in [3.8, 4) is 0 Å². The third kappa shape index (κ3) is 6.20. The average molecular weight is 398 g/mol. The fourth-order valence-corrected chi connectivity index (χ4v) is 3.33. The van der Waals surface area contributed by atoms with Crippen molar-refractivity contribution >= 4 is 17.8 Å². The second-order valence-corrected chi connectivity index (χ2v) is 7.10. The maximum atomic E-state index is 12.7. The van der Waals surface area contributed by atoms with Crippen molar-refractivity contribution in [1.29, 1.82) is 0 Å². The molecular formula is C22H26N2O5. The number of amides is 2. The molecule has 1 aromatic carbocycles. The van der Waals surface area contributed by atoms with Crippen molar-refractivity contribution in [2.24, 2.45) is 0 Å². The number of likely N-dealkylation sites (tertiary alicyclic amines) is 1. The molecule has 1 aliphatic heterocycles. The molecule has 0 saturated carbocycles. The molecule has 1 saturated heterocycles. The molecule has 0 aliphatic carbocycles. The molecule has 1 aliphatic rings. The van der Waals surface area contributed by atoms with Gasteiger partial charge in [0.25, 0.3) is 11.8 Å². The second kappa shape index (κ2) is 10.5. The Kier molecular flexibility index (Phi) is 7.44. The first kappa shape index (κ1) is 20.6. The van der Waals surface area contributed by atoms with E-state index in [1.807, 2.05) is 30.3 Å². The average Bonchev–Trinajstić information content (AvgIpc) is 3.14. The van der Waals surface area contributed by atoms with Crippen LogP contribution in [-0.2, 0) is 20.7 Å². The minimum Gasteiger partial charge on any atom is -0.459 e. The Hall–Kier alpha value is -3.09. The zero-order valence-corrected chi connectivity index (χ0v) is 16.3. The number of hydrogen-bond donors (Lipinski definition) is 1. The van der Waals surface area contributed by atoms with Crippen LogP contribution >= 0.6 is 0 Å². The number of ether oxygens (including phenoxy) is 1. The Bertz CT molecular complexity index is 796. The van der Waals surface area contributed by atoms with E-state index in [-0.39, 0.29) is 24.7 Å². The number of benzene rings is 1. The Morgan fingerprint density at radius 2 is 1.72 bits per heavy atom. The van der Waals surface area contributed by atoms with Gasteiger partial charge in [-0.05, 0) is 30.5 Å². The summed E-state index contributed by atoms with van der Waals surface area (Å²) >= 11 is 0. The summed E-state index contributed by atoms with van der Waals surface area (Å²) in [6.45, 7) is 1.07. The number of esters is 1. The number of nitrogens with zero attached hydrogens (tertiary/aromatic N) is 1. The van der Waals surface area contributed by atoms with Crippen LogP contribution in [0.3, 0.4) is 0 Å². The van der Waals surface area contributed by atoms with Gasteiger partial charge in [-0.15, -0.1) is 0 Å². The third-order valence-corrected chi connectivity index (χ3v) is 4.91. The highest BCUT2D eigenvalue weighted by molar-refractivity contribution is 5.94. The van der Waals surface area contributed by atoms with E-state index in [2.05, 4.69) is 5.32 Å². The molecule has 7 heteroatoms. The van der Waals surface area contributed by atoms with E-state index < -0.39 is 17.9 Å². The van der Waals surface area contributed by atoms with Gasteiger partial charge in [0.05, 0.1) is 6.26 Å². The van der Waals surface area contributed by atoms with E-state index in [0.29, 0.717) is 13.1 Å². The maximum absolute atomic E-state index is 12.7.